The summed E-state index contributed by atoms with van der Waals surface area (Å²) in [7, 11) is 1.30. The van der Waals surface area contributed by atoms with Crippen LogP contribution in [0.1, 0.15) is 123 Å². The number of likely N-dealkylation sites (N-methyl/N-ethyl adjacent to an activating group) is 1. The van der Waals surface area contributed by atoms with Gasteiger partial charge in [0.25, 0.3) is 7.82 Å². The normalized spacial score (nSPS) is 15.3. The van der Waals surface area contributed by atoms with Crippen LogP contribution in [0.2, 0.25) is 0 Å². The Labute approximate surface area is 228 Å². The number of unbranched alkanes of at least 4 members (excludes halogenated alkanes) is 15. The Hall–Kier alpha value is -0.500. The smallest absolute Gasteiger partial charge is 0.268 e. The summed E-state index contributed by atoms with van der Waals surface area (Å²) in [5.41, 5.74) is 0. The van der Waals surface area contributed by atoms with E-state index < -0.39 is 20.0 Å². The maximum absolute atomic E-state index is 12.0. The van der Waals surface area contributed by atoms with Crippen molar-refractivity contribution in [3.05, 3.63) is 0 Å². The molecule has 9 heteroatoms. The van der Waals surface area contributed by atoms with Crippen LogP contribution >= 0.6 is 7.82 Å². The molecule has 0 aliphatic heterocycles. The predicted molar refractivity (Wildman–Crippen MR) is 150 cm³/mol. The number of amides is 1. The lowest BCUT2D eigenvalue weighted by Crippen LogP contribution is -2.45. The van der Waals surface area contributed by atoms with Crippen LogP contribution < -0.4 is 10.2 Å². The number of carbonyl (C=O) groups excluding carboxylic acids is 1. The number of aliphatic hydroxyl groups excluding tert-OH is 1. The quantitative estimate of drug-likeness (QED) is 0.0811. The topological polar surface area (TPSA) is 108 Å². The third kappa shape index (κ3) is 25.5. The zero-order chi connectivity index (χ0) is 28.0. The van der Waals surface area contributed by atoms with Crippen molar-refractivity contribution in [3.8, 4) is 0 Å². The van der Waals surface area contributed by atoms with E-state index >= 15 is 0 Å². The van der Waals surface area contributed by atoms with Gasteiger partial charge in [0.1, 0.15) is 13.2 Å². The molecule has 0 bridgehead atoms. The van der Waals surface area contributed by atoms with Gasteiger partial charge in [0.05, 0.1) is 39.9 Å². The molecular formula is C28H59N2O6P. The average Bonchev–Trinajstić information content (AvgIpc) is 2.80. The Morgan fingerprint density at radius 1 is 0.838 bits per heavy atom. The van der Waals surface area contributed by atoms with Gasteiger partial charge in [-0.1, -0.05) is 110 Å². The summed E-state index contributed by atoms with van der Waals surface area (Å²) >= 11 is 0. The van der Waals surface area contributed by atoms with Gasteiger partial charge in [0.2, 0.25) is 5.91 Å². The van der Waals surface area contributed by atoms with E-state index in [0.717, 1.165) is 19.3 Å². The van der Waals surface area contributed by atoms with E-state index in [9.17, 15) is 19.4 Å². The Kier molecular flexibility index (Phi) is 22.0. The van der Waals surface area contributed by atoms with Crippen molar-refractivity contribution >= 4 is 13.7 Å². The minimum atomic E-state index is -4.50. The molecule has 0 aromatic heterocycles. The molecular weight excluding hydrogens is 491 g/mol. The molecule has 0 aliphatic carbocycles. The first-order valence-corrected chi connectivity index (χ1v) is 16.3. The fourth-order valence-corrected chi connectivity index (χ4v) is 4.97. The molecule has 0 spiro atoms. The molecule has 1 amide bonds. The molecule has 0 radical (unpaired) electrons. The molecule has 0 fully saturated rings. The minimum absolute atomic E-state index is 0.0107. The van der Waals surface area contributed by atoms with Crippen LogP contribution in [0, 0.1) is 0 Å². The molecule has 3 unspecified atom stereocenters. The number of nitrogens with one attached hydrogen (secondary N) is 1. The predicted octanol–water partition coefficient (Wildman–Crippen LogP) is 5.71. The molecule has 8 nitrogen and oxygen atoms in total. The van der Waals surface area contributed by atoms with E-state index in [0.29, 0.717) is 17.4 Å². The average molecular weight is 551 g/mol. The number of hydrogen-bond acceptors (Lipinski definition) is 6. The van der Waals surface area contributed by atoms with Crippen molar-refractivity contribution < 1.29 is 32.9 Å². The first-order valence-electron chi connectivity index (χ1n) is 14.8. The third-order valence-electron chi connectivity index (χ3n) is 6.63. The molecule has 37 heavy (non-hydrogen) atoms. The van der Waals surface area contributed by atoms with Gasteiger partial charge in [-0.3, -0.25) is 9.36 Å². The Bertz CT molecular complexity index is 600. The fourth-order valence-electron chi connectivity index (χ4n) is 4.25. The van der Waals surface area contributed by atoms with Crippen molar-refractivity contribution in [1.82, 2.24) is 5.32 Å². The monoisotopic (exact) mass is 550 g/mol. The van der Waals surface area contributed by atoms with E-state index in [4.69, 9.17) is 9.05 Å². The van der Waals surface area contributed by atoms with Crippen molar-refractivity contribution in [2.75, 3.05) is 40.9 Å². The van der Waals surface area contributed by atoms with Crippen LogP contribution in [0.3, 0.4) is 0 Å². The number of nitrogens with zero attached hydrogens (tertiary/aromatic N) is 1. The van der Waals surface area contributed by atoms with Gasteiger partial charge in [0, 0.05) is 6.92 Å². The lowest BCUT2D eigenvalue weighted by molar-refractivity contribution is -0.870. The van der Waals surface area contributed by atoms with Crippen molar-refractivity contribution in [2.45, 2.75) is 135 Å². The number of phosphoric ester groups is 1. The highest BCUT2D eigenvalue weighted by Crippen LogP contribution is 2.38. The van der Waals surface area contributed by atoms with Gasteiger partial charge in [-0.25, -0.2) is 0 Å². The van der Waals surface area contributed by atoms with Crippen LogP contribution in [-0.4, -0.2) is 68.5 Å². The highest BCUT2D eigenvalue weighted by Gasteiger charge is 2.23. The van der Waals surface area contributed by atoms with E-state index in [-0.39, 0.29) is 19.1 Å². The number of hydrogen-bond donors (Lipinski definition) is 2. The molecule has 0 saturated heterocycles. The number of phosphoric acid groups is 1. The molecule has 0 rings (SSSR count). The second-order valence-corrected chi connectivity index (χ2v) is 13.0. The molecule has 0 heterocycles. The van der Waals surface area contributed by atoms with Crippen LogP contribution in [0.4, 0.5) is 0 Å². The Morgan fingerprint density at radius 3 is 1.68 bits per heavy atom. The van der Waals surface area contributed by atoms with Crippen LogP contribution in [-0.2, 0) is 18.4 Å². The Balaban J connectivity index is 3.90. The van der Waals surface area contributed by atoms with Crippen molar-refractivity contribution in [2.24, 2.45) is 0 Å². The first-order chi connectivity index (χ1) is 17.5. The van der Waals surface area contributed by atoms with Gasteiger partial charge in [-0.2, -0.15) is 0 Å². The molecule has 0 aromatic rings. The molecule has 0 saturated carbocycles. The summed E-state index contributed by atoms with van der Waals surface area (Å²) in [4.78, 5) is 23.6. The van der Waals surface area contributed by atoms with Crippen molar-refractivity contribution in [3.63, 3.8) is 0 Å². The van der Waals surface area contributed by atoms with Crippen LogP contribution in [0.15, 0.2) is 0 Å². The highest BCUT2D eigenvalue weighted by atomic mass is 31.2. The summed E-state index contributed by atoms with van der Waals surface area (Å²) in [5, 5.41) is 13.1. The van der Waals surface area contributed by atoms with E-state index in [1.165, 1.54) is 90.4 Å². The molecule has 222 valence electrons. The first kappa shape index (κ1) is 36.5. The number of carbonyl (C=O) groups is 1. The van der Waals surface area contributed by atoms with Crippen molar-refractivity contribution in [1.29, 1.82) is 0 Å². The van der Waals surface area contributed by atoms with Gasteiger partial charge in [-0.15, -0.1) is 0 Å². The standard InChI is InChI=1S/C28H59N2O6P/c1-6-7-8-9-10-11-12-13-14-15-16-17-18-19-20-21-22-28(32)27(29-26(2)31)25-36-37(33,34)35-24-23-30(3,4)5/h27-28,32H,6-25H2,1-5H3,(H-,29,31,33,34). The summed E-state index contributed by atoms with van der Waals surface area (Å²) in [6.07, 6.45) is 20.1. The summed E-state index contributed by atoms with van der Waals surface area (Å²) in [5.74, 6) is -0.341. The zero-order valence-corrected chi connectivity index (χ0v) is 25.6. The number of aliphatic hydroxyl groups is 1. The highest BCUT2D eigenvalue weighted by molar-refractivity contribution is 7.45. The molecule has 2 N–H and O–H groups in total. The molecule has 3 atom stereocenters. The fraction of sp³-hybridized carbons (Fsp3) is 0.964. The summed E-state index contributed by atoms with van der Waals surface area (Å²) < 4.78 is 22.5. The summed E-state index contributed by atoms with van der Waals surface area (Å²) in [6.45, 7) is 3.77. The van der Waals surface area contributed by atoms with Crippen LogP contribution in [0.5, 0.6) is 0 Å². The molecule has 0 aromatic carbocycles. The lowest BCUT2D eigenvalue weighted by Gasteiger charge is -2.29. The second kappa shape index (κ2) is 22.3. The minimum Gasteiger partial charge on any atom is -0.756 e. The number of quaternary nitrogens is 1. The maximum atomic E-state index is 12.0. The van der Waals surface area contributed by atoms with Gasteiger partial charge in [-0.05, 0) is 6.42 Å². The van der Waals surface area contributed by atoms with Gasteiger partial charge in [0.15, 0.2) is 0 Å². The Morgan fingerprint density at radius 2 is 1.27 bits per heavy atom. The zero-order valence-electron chi connectivity index (χ0n) is 24.7. The number of rotatable bonds is 26. The van der Waals surface area contributed by atoms with E-state index in [2.05, 4.69) is 12.2 Å². The van der Waals surface area contributed by atoms with Gasteiger partial charge >= 0.3 is 0 Å². The van der Waals surface area contributed by atoms with Crippen LogP contribution in [0.25, 0.3) is 0 Å². The van der Waals surface area contributed by atoms with E-state index in [1.54, 1.807) is 0 Å². The lowest BCUT2D eigenvalue weighted by atomic mass is 10.0. The largest absolute Gasteiger partial charge is 0.756 e. The maximum Gasteiger partial charge on any atom is 0.268 e. The second-order valence-electron chi connectivity index (χ2n) is 11.6. The molecule has 0 aliphatic rings. The third-order valence-corrected chi connectivity index (χ3v) is 7.59. The van der Waals surface area contributed by atoms with Gasteiger partial charge < -0.3 is 28.8 Å². The SMILES string of the molecule is CCCCCCCCCCCCCCCCCCC(O)C(COP(=O)([O-])OCC[N+](C)(C)C)NC(C)=O. The van der Waals surface area contributed by atoms with E-state index in [1.807, 2.05) is 21.1 Å². The summed E-state index contributed by atoms with van der Waals surface area (Å²) in [6, 6.07) is -0.793.